The summed E-state index contributed by atoms with van der Waals surface area (Å²) >= 11 is 1.45. The van der Waals surface area contributed by atoms with Gasteiger partial charge in [0.15, 0.2) is 16.6 Å². The highest BCUT2D eigenvalue weighted by atomic mass is 32.1. The molecule has 1 aliphatic heterocycles. The molecule has 3 heterocycles. The molecule has 7 nitrogen and oxygen atoms in total. The summed E-state index contributed by atoms with van der Waals surface area (Å²) in [5.74, 6) is 1.07. The molecular weight excluding hydrogens is 362 g/mol. The van der Waals surface area contributed by atoms with E-state index in [1.54, 1.807) is 0 Å². The predicted molar refractivity (Wildman–Crippen MR) is 106 cm³/mol. The lowest BCUT2D eigenvalue weighted by molar-refractivity contribution is 0.177. The minimum absolute atomic E-state index is 0.00352. The molecule has 3 N–H and O–H groups in total. The summed E-state index contributed by atoms with van der Waals surface area (Å²) in [7, 11) is 0. The van der Waals surface area contributed by atoms with E-state index in [4.69, 9.17) is 10.2 Å². The number of aromatic nitrogens is 2. The van der Waals surface area contributed by atoms with E-state index in [1.165, 1.54) is 11.3 Å². The number of urea groups is 1. The van der Waals surface area contributed by atoms with Gasteiger partial charge in [-0.2, -0.15) is 0 Å². The van der Waals surface area contributed by atoms with Crippen molar-refractivity contribution in [3.8, 4) is 0 Å². The molecule has 0 saturated carbocycles. The Balaban J connectivity index is 1.22. The molecule has 2 amide bonds. The van der Waals surface area contributed by atoms with Crippen molar-refractivity contribution in [2.45, 2.75) is 31.6 Å². The molecule has 0 atom stereocenters. The van der Waals surface area contributed by atoms with Crippen molar-refractivity contribution in [1.82, 2.24) is 20.2 Å². The number of oxazole rings is 1. The molecule has 27 heavy (non-hydrogen) atoms. The Morgan fingerprint density at radius 3 is 2.85 bits per heavy atom. The highest BCUT2D eigenvalue weighted by molar-refractivity contribution is 7.13. The maximum absolute atomic E-state index is 12.3. The second kappa shape index (κ2) is 7.96. The molecule has 0 aliphatic carbocycles. The number of nitrogen functional groups attached to an aromatic ring is 1. The first-order valence-corrected chi connectivity index (χ1v) is 10.1. The van der Waals surface area contributed by atoms with Gasteiger partial charge in [-0.1, -0.05) is 12.1 Å². The molecule has 1 saturated heterocycles. The van der Waals surface area contributed by atoms with Gasteiger partial charge in [0.1, 0.15) is 5.52 Å². The molecule has 142 valence electrons. The Labute approximate surface area is 161 Å². The van der Waals surface area contributed by atoms with Crippen LogP contribution < -0.4 is 11.1 Å². The molecule has 0 radical (unpaired) electrons. The second-order valence-electron chi connectivity index (χ2n) is 6.79. The third-order valence-electron chi connectivity index (χ3n) is 4.90. The standard InChI is InChI=1S/C19H23N5O2S/c20-18-22-14(12-27-18)4-3-9-21-19(25)24-10-7-13(8-11-24)17-23-15-5-1-2-6-16(15)26-17/h1-2,5-6,12-13H,3-4,7-11H2,(H2,20,22)(H,21,25). The minimum atomic E-state index is 0.00352. The number of nitrogens with two attached hydrogens (primary N) is 1. The smallest absolute Gasteiger partial charge is 0.317 e. The summed E-state index contributed by atoms with van der Waals surface area (Å²) < 4.78 is 5.88. The van der Waals surface area contributed by atoms with E-state index >= 15 is 0 Å². The van der Waals surface area contributed by atoms with Gasteiger partial charge in [-0.3, -0.25) is 0 Å². The van der Waals surface area contributed by atoms with Crippen molar-refractivity contribution in [2.24, 2.45) is 0 Å². The number of aryl methyl sites for hydroxylation is 1. The van der Waals surface area contributed by atoms with Gasteiger partial charge in [-0.15, -0.1) is 11.3 Å². The van der Waals surface area contributed by atoms with Gasteiger partial charge in [0.25, 0.3) is 0 Å². The number of likely N-dealkylation sites (tertiary alicyclic amines) is 1. The molecule has 3 aromatic rings. The molecule has 8 heteroatoms. The molecule has 1 aromatic carbocycles. The van der Waals surface area contributed by atoms with Crippen LogP contribution in [-0.4, -0.2) is 40.5 Å². The van der Waals surface area contributed by atoms with Gasteiger partial charge in [-0.25, -0.2) is 14.8 Å². The number of hydrogen-bond donors (Lipinski definition) is 2. The predicted octanol–water partition coefficient (Wildman–Crippen LogP) is 3.39. The summed E-state index contributed by atoms with van der Waals surface area (Å²) in [6.07, 6.45) is 3.43. The number of piperidine rings is 1. The summed E-state index contributed by atoms with van der Waals surface area (Å²) in [6.45, 7) is 2.08. The monoisotopic (exact) mass is 385 g/mol. The van der Waals surface area contributed by atoms with E-state index in [0.29, 0.717) is 11.7 Å². The number of anilines is 1. The average molecular weight is 385 g/mol. The van der Waals surface area contributed by atoms with Crippen LogP contribution in [0.25, 0.3) is 11.1 Å². The van der Waals surface area contributed by atoms with Crippen LogP contribution in [0.4, 0.5) is 9.93 Å². The fourth-order valence-corrected chi connectivity index (χ4v) is 4.01. The topological polar surface area (TPSA) is 97.3 Å². The summed E-state index contributed by atoms with van der Waals surface area (Å²) in [5.41, 5.74) is 8.34. The molecule has 1 fully saturated rings. The van der Waals surface area contributed by atoms with Crippen LogP contribution >= 0.6 is 11.3 Å². The molecule has 4 rings (SSSR count). The first-order chi connectivity index (χ1) is 13.2. The highest BCUT2D eigenvalue weighted by Crippen LogP contribution is 2.29. The van der Waals surface area contributed by atoms with Gasteiger partial charge in [0, 0.05) is 30.9 Å². The number of rotatable bonds is 5. The van der Waals surface area contributed by atoms with Crippen LogP contribution in [0.2, 0.25) is 0 Å². The number of para-hydroxylation sites is 2. The summed E-state index contributed by atoms with van der Waals surface area (Å²) in [4.78, 5) is 23.0. The zero-order valence-corrected chi connectivity index (χ0v) is 15.9. The quantitative estimate of drug-likeness (QED) is 0.656. The van der Waals surface area contributed by atoms with Gasteiger partial charge < -0.3 is 20.4 Å². The van der Waals surface area contributed by atoms with E-state index in [1.807, 2.05) is 34.5 Å². The van der Waals surface area contributed by atoms with E-state index in [0.717, 1.165) is 61.5 Å². The largest absolute Gasteiger partial charge is 0.440 e. The van der Waals surface area contributed by atoms with Crippen LogP contribution in [-0.2, 0) is 6.42 Å². The van der Waals surface area contributed by atoms with Crippen molar-refractivity contribution < 1.29 is 9.21 Å². The number of nitrogens with one attached hydrogen (secondary N) is 1. The lowest BCUT2D eigenvalue weighted by Crippen LogP contribution is -2.44. The number of carbonyl (C=O) groups is 1. The summed E-state index contributed by atoms with van der Waals surface area (Å²) in [6, 6.07) is 7.82. The first-order valence-electron chi connectivity index (χ1n) is 9.27. The van der Waals surface area contributed by atoms with Crippen molar-refractivity contribution >= 4 is 33.6 Å². The highest BCUT2D eigenvalue weighted by Gasteiger charge is 2.26. The van der Waals surface area contributed by atoms with Crippen LogP contribution in [0.15, 0.2) is 34.1 Å². The zero-order valence-electron chi connectivity index (χ0n) is 15.1. The third kappa shape index (κ3) is 4.21. The zero-order chi connectivity index (χ0) is 18.6. The number of benzene rings is 1. The number of fused-ring (bicyclic) bond motifs is 1. The Bertz CT molecular complexity index is 881. The SMILES string of the molecule is Nc1nc(CCCNC(=O)N2CCC(c3nc4ccccc4o3)CC2)cs1. The molecule has 0 unspecified atom stereocenters. The Hall–Kier alpha value is -2.61. The molecule has 0 spiro atoms. The third-order valence-corrected chi connectivity index (χ3v) is 5.62. The minimum Gasteiger partial charge on any atom is -0.440 e. The van der Waals surface area contributed by atoms with Crippen molar-refractivity contribution in [2.75, 3.05) is 25.4 Å². The van der Waals surface area contributed by atoms with E-state index in [-0.39, 0.29) is 11.9 Å². The number of amides is 2. The lowest BCUT2D eigenvalue weighted by Gasteiger charge is -2.30. The van der Waals surface area contributed by atoms with Crippen LogP contribution in [0, 0.1) is 0 Å². The molecular formula is C19H23N5O2S. The van der Waals surface area contributed by atoms with E-state index < -0.39 is 0 Å². The second-order valence-corrected chi connectivity index (χ2v) is 7.68. The van der Waals surface area contributed by atoms with Gasteiger partial charge in [0.2, 0.25) is 0 Å². The lowest BCUT2D eigenvalue weighted by atomic mass is 9.97. The van der Waals surface area contributed by atoms with Crippen LogP contribution in [0.3, 0.4) is 0 Å². The maximum Gasteiger partial charge on any atom is 0.317 e. The Morgan fingerprint density at radius 1 is 1.30 bits per heavy atom. The van der Waals surface area contributed by atoms with Gasteiger partial charge in [0.05, 0.1) is 5.69 Å². The normalized spacial score (nSPS) is 15.3. The number of nitrogens with zero attached hydrogens (tertiary/aromatic N) is 3. The number of carbonyl (C=O) groups excluding carboxylic acids is 1. The number of hydrogen-bond acceptors (Lipinski definition) is 6. The van der Waals surface area contributed by atoms with Crippen molar-refractivity contribution in [1.29, 1.82) is 0 Å². The Kier molecular flexibility index (Phi) is 5.24. The number of thiazole rings is 1. The van der Waals surface area contributed by atoms with E-state index in [9.17, 15) is 4.79 Å². The first kappa shape index (κ1) is 17.8. The van der Waals surface area contributed by atoms with Crippen LogP contribution in [0.1, 0.15) is 36.8 Å². The van der Waals surface area contributed by atoms with Gasteiger partial charge in [-0.05, 0) is 37.8 Å². The van der Waals surface area contributed by atoms with Gasteiger partial charge >= 0.3 is 6.03 Å². The van der Waals surface area contributed by atoms with E-state index in [2.05, 4.69) is 15.3 Å². The Morgan fingerprint density at radius 2 is 2.11 bits per heavy atom. The van der Waals surface area contributed by atoms with Crippen molar-refractivity contribution in [3.63, 3.8) is 0 Å². The summed E-state index contributed by atoms with van der Waals surface area (Å²) in [5, 5.41) is 5.56. The molecule has 2 aromatic heterocycles. The van der Waals surface area contributed by atoms with Crippen molar-refractivity contribution in [3.05, 3.63) is 41.2 Å². The molecule has 0 bridgehead atoms. The average Bonchev–Trinajstić information content (AvgIpc) is 3.31. The maximum atomic E-state index is 12.3. The van der Waals surface area contributed by atoms with Crippen LogP contribution in [0.5, 0.6) is 0 Å². The fraction of sp³-hybridized carbons (Fsp3) is 0.421. The molecule has 1 aliphatic rings. The fourth-order valence-electron chi connectivity index (χ4n) is 3.41.